The quantitative estimate of drug-likeness (QED) is 0.839. The second-order valence-electron chi connectivity index (χ2n) is 3.23. The van der Waals surface area contributed by atoms with E-state index >= 15 is 0 Å². The van der Waals surface area contributed by atoms with Crippen molar-refractivity contribution in [3.8, 4) is 11.6 Å². The molecule has 5 nitrogen and oxygen atoms in total. The first kappa shape index (κ1) is 11.9. The zero-order chi connectivity index (χ0) is 12.3. The maximum atomic E-state index is 5.65. The molecule has 0 bridgehead atoms. The number of hydrogen-bond acceptors (Lipinski definition) is 5. The molecule has 6 heteroatoms. The van der Waals surface area contributed by atoms with Crippen LogP contribution in [0, 0.1) is 3.57 Å². The van der Waals surface area contributed by atoms with Gasteiger partial charge < -0.3 is 15.8 Å². The monoisotopic (exact) mass is 342 g/mol. The van der Waals surface area contributed by atoms with Gasteiger partial charge in [0, 0.05) is 13.1 Å². The van der Waals surface area contributed by atoms with Gasteiger partial charge in [-0.15, -0.1) is 0 Å². The van der Waals surface area contributed by atoms with Gasteiger partial charge in [-0.05, 0) is 34.7 Å². The number of benzene rings is 1. The van der Waals surface area contributed by atoms with Gasteiger partial charge in [-0.1, -0.05) is 12.1 Å². The van der Waals surface area contributed by atoms with Gasteiger partial charge in [0.15, 0.2) is 0 Å². The normalized spacial score (nSPS) is 10.0. The first-order valence-corrected chi connectivity index (χ1v) is 6.01. The molecule has 0 amide bonds. The van der Waals surface area contributed by atoms with Gasteiger partial charge in [0.1, 0.15) is 11.6 Å². The fraction of sp³-hybridized carbons (Fsp3) is 0.0909. The third-order valence-electron chi connectivity index (χ3n) is 2.03. The lowest BCUT2D eigenvalue weighted by Crippen LogP contribution is -2.01. The smallest absolute Gasteiger partial charge is 0.226 e. The van der Waals surface area contributed by atoms with Crippen LogP contribution >= 0.6 is 22.6 Å². The number of nitrogens with one attached hydrogen (secondary N) is 1. The lowest BCUT2D eigenvalue weighted by Gasteiger charge is -2.08. The van der Waals surface area contributed by atoms with E-state index in [1.807, 2.05) is 24.3 Å². The highest BCUT2D eigenvalue weighted by atomic mass is 127. The molecule has 0 aliphatic rings. The van der Waals surface area contributed by atoms with E-state index in [2.05, 4.69) is 37.9 Å². The van der Waals surface area contributed by atoms with Crippen molar-refractivity contribution < 1.29 is 4.74 Å². The summed E-state index contributed by atoms with van der Waals surface area (Å²) in [5, 5.41) is 2.90. The predicted octanol–water partition coefficient (Wildman–Crippen LogP) is 2.50. The van der Waals surface area contributed by atoms with E-state index in [1.54, 1.807) is 13.1 Å². The molecule has 0 fully saturated rings. The van der Waals surface area contributed by atoms with Crippen molar-refractivity contribution in [3.05, 3.63) is 33.9 Å². The molecule has 1 aromatic carbocycles. The predicted molar refractivity (Wildman–Crippen MR) is 75.2 cm³/mol. The van der Waals surface area contributed by atoms with Crippen LogP contribution in [0.5, 0.6) is 11.6 Å². The summed E-state index contributed by atoms with van der Waals surface area (Å²) < 4.78 is 6.66. The van der Waals surface area contributed by atoms with Crippen molar-refractivity contribution in [1.29, 1.82) is 0 Å². The van der Waals surface area contributed by atoms with Crippen LogP contribution in [-0.2, 0) is 0 Å². The molecular formula is C11H11IN4O. The SMILES string of the molecule is CNc1cc(Oc2ccccc2I)nc(N)n1. The highest BCUT2D eigenvalue weighted by Crippen LogP contribution is 2.26. The number of nitrogens with zero attached hydrogens (tertiary/aromatic N) is 2. The summed E-state index contributed by atoms with van der Waals surface area (Å²) in [6.45, 7) is 0. The van der Waals surface area contributed by atoms with Crippen molar-refractivity contribution in [2.75, 3.05) is 18.1 Å². The van der Waals surface area contributed by atoms with Crippen molar-refractivity contribution in [1.82, 2.24) is 9.97 Å². The molecule has 0 saturated carbocycles. The minimum absolute atomic E-state index is 0.179. The van der Waals surface area contributed by atoms with Gasteiger partial charge in [-0.25, -0.2) is 0 Å². The Morgan fingerprint density at radius 3 is 2.76 bits per heavy atom. The summed E-state index contributed by atoms with van der Waals surface area (Å²) in [6.07, 6.45) is 0. The van der Waals surface area contributed by atoms with Gasteiger partial charge in [0.25, 0.3) is 0 Å². The first-order valence-electron chi connectivity index (χ1n) is 4.94. The van der Waals surface area contributed by atoms with E-state index in [0.29, 0.717) is 11.7 Å². The first-order chi connectivity index (χ1) is 8.19. The highest BCUT2D eigenvalue weighted by molar-refractivity contribution is 14.1. The molecule has 1 aromatic heterocycles. The average molecular weight is 342 g/mol. The third kappa shape index (κ3) is 2.96. The standard InChI is InChI=1S/C11H11IN4O/c1-14-9-6-10(16-11(13)15-9)17-8-5-3-2-4-7(8)12/h2-6H,1H3,(H3,13,14,15,16). The highest BCUT2D eigenvalue weighted by Gasteiger charge is 2.05. The molecule has 0 unspecified atom stereocenters. The fourth-order valence-electron chi connectivity index (χ4n) is 1.26. The van der Waals surface area contributed by atoms with Crippen LogP contribution in [-0.4, -0.2) is 17.0 Å². The van der Waals surface area contributed by atoms with Crippen molar-refractivity contribution in [2.45, 2.75) is 0 Å². The Morgan fingerprint density at radius 1 is 1.29 bits per heavy atom. The van der Waals surface area contributed by atoms with Crippen LogP contribution < -0.4 is 15.8 Å². The molecule has 2 aromatic rings. The number of anilines is 2. The summed E-state index contributed by atoms with van der Waals surface area (Å²) >= 11 is 2.20. The van der Waals surface area contributed by atoms with Crippen LogP contribution in [0.1, 0.15) is 0 Å². The van der Waals surface area contributed by atoms with Crippen molar-refractivity contribution >= 4 is 34.4 Å². The molecule has 0 aliphatic carbocycles. The molecule has 0 spiro atoms. The Labute approximate surface area is 113 Å². The molecule has 1 heterocycles. The molecule has 17 heavy (non-hydrogen) atoms. The third-order valence-corrected chi connectivity index (χ3v) is 2.92. The molecular weight excluding hydrogens is 331 g/mol. The molecule has 0 radical (unpaired) electrons. The van der Waals surface area contributed by atoms with Crippen LogP contribution in [0.3, 0.4) is 0 Å². The second-order valence-corrected chi connectivity index (χ2v) is 4.39. The Hall–Kier alpha value is -1.57. The lowest BCUT2D eigenvalue weighted by atomic mass is 10.3. The molecule has 0 saturated heterocycles. The van der Waals surface area contributed by atoms with Crippen molar-refractivity contribution in [2.24, 2.45) is 0 Å². The van der Waals surface area contributed by atoms with Crippen LogP contribution in [0.25, 0.3) is 0 Å². The Balaban J connectivity index is 2.30. The zero-order valence-corrected chi connectivity index (χ0v) is 11.3. The van der Waals surface area contributed by atoms with Gasteiger partial charge in [-0.3, -0.25) is 0 Å². The topological polar surface area (TPSA) is 73.1 Å². The number of nitrogens with two attached hydrogens (primary N) is 1. The van der Waals surface area contributed by atoms with Crippen LogP contribution in [0.15, 0.2) is 30.3 Å². The zero-order valence-electron chi connectivity index (χ0n) is 9.14. The summed E-state index contributed by atoms with van der Waals surface area (Å²) in [5.74, 6) is 1.97. The van der Waals surface area contributed by atoms with Gasteiger partial charge in [0.2, 0.25) is 11.8 Å². The van der Waals surface area contributed by atoms with Gasteiger partial charge in [0.05, 0.1) is 3.57 Å². The summed E-state index contributed by atoms with van der Waals surface area (Å²) in [5.41, 5.74) is 5.58. The number of para-hydroxylation sites is 1. The van der Waals surface area contributed by atoms with E-state index in [4.69, 9.17) is 10.5 Å². The van der Waals surface area contributed by atoms with E-state index in [1.165, 1.54) is 0 Å². The van der Waals surface area contributed by atoms with Crippen LogP contribution in [0.2, 0.25) is 0 Å². The summed E-state index contributed by atoms with van der Waals surface area (Å²) in [4.78, 5) is 8.01. The maximum absolute atomic E-state index is 5.65. The van der Waals surface area contributed by atoms with Gasteiger partial charge in [-0.2, -0.15) is 9.97 Å². The molecule has 88 valence electrons. The molecule has 3 N–H and O–H groups in total. The van der Waals surface area contributed by atoms with E-state index in [-0.39, 0.29) is 5.95 Å². The molecule has 0 aliphatic heterocycles. The maximum Gasteiger partial charge on any atom is 0.226 e. The van der Waals surface area contributed by atoms with Crippen LogP contribution in [0.4, 0.5) is 11.8 Å². The molecule has 2 rings (SSSR count). The van der Waals surface area contributed by atoms with E-state index in [9.17, 15) is 0 Å². The van der Waals surface area contributed by atoms with E-state index < -0.39 is 0 Å². The largest absolute Gasteiger partial charge is 0.438 e. The molecule has 0 atom stereocenters. The minimum Gasteiger partial charge on any atom is -0.438 e. The number of ether oxygens (including phenoxy) is 1. The number of nitrogen functional groups attached to an aromatic ring is 1. The van der Waals surface area contributed by atoms with E-state index in [0.717, 1.165) is 9.32 Å². The number of hydrogen-bond donors (Lipinski definition) is 2. The Morgan fingerprint density at radius 2 is 2.06 bits per heavy atom. The second kappa shape index (κ2) is 5.17. The summed E-state index contributed by atoms with van der Waals surface area (Å²) in [6, 6.07) is 9.38. The average Bonchev–Trinajstić information content (AvgIpc) is 2.31. The minimum atomic E-state index is 0.179. The summed E-state index contributed by atoms with van der Waals surface area (Å²) in [7, 11) is 1.76. The Kier molecular flexibility index (Phi) is 3.62. The Bertz CT molecular complexity index is 533. The van der Waals surface area contributed by atoms with Crippen molar-refractivity contribution in [3.63, 3.8) is 0 Å². The lowest BCUT2D eigenvalue weighted by molar-refractivity contribution is 0.460. The fourth-order valence-corrected chi connectivity index (χ4v) is 1.76. The number of halogens is 1. The number of rotatable bonds is 3. The van der Waals surface area contributed by atoms with Gasteiger partial charge >= 0.3 is 0 Å². The number of aromatic nitrogens is 2.